The van der Waals surface area contributed by atoms with Gasteiger partial charge in [-0.3, -0.25) is 0 Å². The van der Waals surface area contributed by atoms with Gasteiger partial charge in [-0.15, -0.1) is 0 Å². The normalized spacial score (nSPS) is 10.6. The van der Waals surface area contributed by atoms with E-state index in [4.69, 9.17) is 9.47 Å². The van der Waals surface area contributed by atoms with Crippen LogP contribution in [0.15, 0.2) is 54.6 Å². The second kappa shape index (κ2) is 8.32. The molecule has 0 aliphatic carbocycles. The van der Waals surface area contributed by atoms with Crippen LogP contribution in [-0.2, 0) is 0 Å². The van der Waals surface area contributed by atoms with E-state index in [0.717, 1.165) is 30.3 Å². The Morgan fingerprint density at radius 3 is 2.38 bits per heavy atom. The maximum absolute atomic E-state index is 5.78. The Morgan fingerprint density at radius 2 is 1.62 bits per heavy atom. The SMILES string of the molecule is CC(C)CNCCOc1cccc(Oc2ccccc2)c1. The standard InChI is InChI=1S/C18H23NO2/c1-15(2)14-19-11-12-20-17-9-6-10-18(13-17)21-16-7-4-3-5-8-16/h3-10,13,15,19H,11-12,14H2,1-2H3. The minimum Gasteiger partial charge on any atom is -0.492 e. The minimum absolute atomic E-state index is 0.654. The van der Waals surface area contributed by atoms with Crippen molar-refractivity contribution in [3.63, 3.8) is 0 Å². The average Bonchev–Trinajstić information content (AvgIpc) is 2.48. The van der Waals surface area contributed by atoms with Crippen LogP contribution in [0.3, 0.4) is 0 Å². The molecule has 0 aliphatic rings. The lowest BCUT2D eigenvalue weighted by molar-refractivity contribution is 0.309. The predicted octanol–water partition coefficient (Wildman–Crippen LogP) is 4.10. The summed E-state index contributed by atoms with van der Waals surface area (Å²) in [6.45, 7) is 6.90. The summed E-state index contributed by atoms with van der Waals surface area (Å²) in [7, 11) is 0. The van der Waals surface area contributed by atoms with Gasteiger partial charge in [0.25, 0.3) is 0 Å². The van der Waals surface area contributed by atoms with Crippen LogP contribution in [0.2, 0.25) is 0 Å². The van der Waals surface area contributed by atoms with Crippen molar-refractivity contribution in [1.82, 2.24) is 5.32 Å². The van der Waals surface area contributed by atoms with E-state index in [-0.39, 0.29) is 0 Å². The van der Waals surface area contributed by atoms with Crippen molar-refractivity contribution in [2.75, 3.05) is 19.7 Å². The molecule has 0 fully saturated rings. The summed E-state index contributed by atoms with van der Waals surface area (Å²) < 4.78 is 11.5. The first-order chi connectivity index (χ1) is 10.2. The van der Waals surface area contributed by atoms with Crippen LogP contribution in [0.4, 0.5) is 0 Å². The van der Waals surface area contributed by atoms with Gasteiger partial charge in [-0.05, 0) is 36.7 Å². The third-order valence-electron chi connectivity index (χ3n) is 2.88. The Morgan fingerprint density at radius 1 is 0.905 bits per heavy atom. The van der Waals surface area contributed by atoms with Gasteiger partial charge >= 0.3 is 0 Å². The van der Waals surface area contributed by atoms with Gasteiger partial charge < -0.3 is 14.8 Å². The fraction of sp³-hybridized carbons (Fsp3) is 0.333. The fourth-order valence-corrected chi connectivity index (χ4v) is 1.88. The second-order valence-corrected chi connectivity index (χ2v) is 5.34. The number of hydrogen-bond donors (Lipinski definition) is 1. The van der Waals surface area contributed by atoms with Crippen LogP contribution in [0.5, 0.6) is 17.2 Å². The monoisotopic (exact) mass is 285 g/mol. The number of ether oxygens (including phenoxy) is 2. The molecule has 2 aromatic carbocycles. The first-order valence-corrected chi connectivity index (χ1v) is 7.40. The summed E-state index contributed by atoms with van der Waals surface area (Å²) in [5.41, 5.74) is 0. The van der Waals surface area contributed by atoms with E-state index in [1.165, 1.54) is 0 Å². The van der Waals surface area contributed by atoms with E-state index >= 15 is 0 Å². The quantitative estimate of drug-likeness (QED) is 0.741. The highest BCUT2D eigenvalue weighted by atomic mass is 16.5. The molecule has 0 saturated heterocycles. The summed E-state index contributed by atoms with van der Waals surface area (Å²) in [5, 5.41) is 3.35. The molecule has 0 aliphatic heterocycles. The molecule has 112 valence electrons. The highest BCUT2D eigenvalue weighted by molar-refractivity contribution is 5.36. The maximum atomic E-state index is 5.78. The lowest BCUT2D eigenvalue weighted by atomic mass is 10.2. The summed E-state index contributed by atoms with van der Waals surface area (Å²) in [6, 6.07) is 17.5. The number of hydrogen-bond acceptors (Lipinski definition) is 3. The second-order valence-electron chi connectivity index (χ2n) is 5.34. The number of nitrogens with one attached hydrogen (secondary N) is 1. The Labute approximate surface area is 126 Å². The van der Waals surface area contributed by atoms with Crippen LogP contribution >= 0.6 is 0 Å². The zero-order valence-electron chi connectivity index (χ0n) is 12.7. The van der Waals surface area contributed by atoms with E-state index in [1.54, 1.807) is 0 Å². The molecule has 21 heavy (non-hydrogen) atoms. The van der Waals surface area contributed by atoms with Gasteiger partial charge in [0.15, 0.2) is 0 Å². The van der Waals surface area contributed by atoms with Crippen molar-refractivity contribution in [3.8, 4) is 17.2 Å². The Bertz CT molecular complexity index is 526. The molecular weight excluding hydrogens is 262 g/mol. The number of rotatable bonds is 8. The van der Waals surface area contributed by atoms with Gasteiger partial charge in [-0.25, -0.2) is 0 Å². The van der Waals surface area contributed by atoms with E-state index in [1.807, 2.05) is 54.6 Å². The largest absolute Gasteiger partial charge is 0.492 e. The molecule has 3 nitrogen and oxygen atoms in total. The summed E-state index contributed by atoms with van der Waals surface area (Å²) in [4.78, 5) is 0. The highest BCUT2D eigenvalue weighted by Gasteiger charge is 2.00. The van der Waals surface area contributed by atoms with Crippen molar-refractivity contribution in [2.45, 2.75) is 13.8 Å². The molecule has 0 saturated carbocycles. The predicted molar refractivity (Wildman–Crippen MR) is 86.2 cm³/mol. The summed E-state index contributed by atoms with van der Waals surface area (Å²) >= 11 is 0. The number of para-hydroxylation sites is 1. The van der Waals surface area contributed by atoms with Crippen molar-refractivity contribution in [2.24, 2.45) is 5.92 Å². The van der Waals surface area contributed by atoms with Crippen molar-refractivity contribution in [1.29, 1.82) is 0 Å². The lowest BCUT2D eigenvalue weighted by Crippen LogP contribution is -2.24. The van der Waals surface area contributed by atoms with Gasteiger partial charge in [0, 0.05) is 12.6 Å². The molecule has 0 heterocycles. The van der Waals surface area contributed by atoms with Gasteiger partial charge in [-0.1, -0.05) is 38.1 Å². The van der Waals surface area contributed by atoms with Crippen molar-refractivity contribution in [3.05, 3.63) is 54.6 Å². The Hall–Kier alpha value is -2.00. The molecule has 0 radical (unpaired) electrons. The van der Waals surface area contributed by atoms with Gasteiger partial charge in [-0.2, -0.15) is 0 Å². The van der Waals surface area contributed by atoms with Gasteiger partial charge in [0.1, 0.15) is 23.9 Å². The topological polar surface area (TPSA) is 30.5 Å². The molecule has 3 heteroatoms. The van der Waals surface area contributed by atoms with Gasteiger partial charge in [0.2, 0.25) is 0 Å². The minimum atomic E-state index is 0.654. The van der Waals surface area contributed by atoms with E-state index in [0.29, 0.717) is 12.5 Å². The molecule has 0 aromatic heterocycles. The molecule has 0 bridgehead atoms. The smallest absolute Gasteiger partial charge is 0.131 e. The third-order valence-corrected chi connectivity index (χ3v) is 2.88. The molecule has 2 aromatic rings. The molecule has 0 unspecified atom stereocenters. The molecular formula is C18H23NO2. The third kappa shape index (κ3) is 5.88. The van der Waals surface area contributed by atoms with Crippen molar-refractivity contribution >= 4 is 0 Å². The molecule has 2 rings (SSSR count). The molecule has 0 amide bonds. The Balaban J connectivity index is 1.81. The zero-order valence-corrected chi connectivity index (χ0v) is 12.7. The first kappa shape index (κ1) is 15.4. The van der Waals surface area contributed by atoms with Crippen LogP contribution in [0, 0.1) is 5.92 Å². The van der Waals surface area contributed by atoms with Crippen LogP contribution in [0.1, 0.15) is 13.8 Å². The van der Waals surface area contributed by atoms with Crippen molar-refractivity contribution < 1.29 is 9.47 Å². The summed E-state index contributed by atoms with van der Waals surface area (Å²) in [5.74, 6) is 3.10. The summed E-state index contributed by atoms with van der Waals surface area (Å²) in [6.07, 6.45) is 0. The Kier molecular flexibility index (Phi) is 6.10. The highest BCUT2D eigenvalue weighted by Crippen LogP contribution is 2.24. The average molecular weight is 285 g/mol. The van der Waals surface area contributed by atoms with E-state index < -0.39 is 0 Å². The first-order valence-electron chi connectivity index (χ1n) is 7.40. The van der Waals surface area contributed by atoms with Crippen LogP contribution < -0.4 is 14.8 Å². The van der Waals surface area contributed by atoms with E-state index in [2.05, 4.69) is 19.2 Å². The van der Waals surface area contributed by atoms with Crippen LogP contribution in [-0.4, -0.2) is 19.7 Å². The zero-order chi connectivity index (χ0) is 14.9. The maximum Gasteiger partial charge on any atom is 0.131 e. The lowest BCUT2D eigenvalue weighted by Gasteiger charge is -2.10. The molecule has 0 atom stereocenters. The van der Waals surface area contributed by atoms with Gasteiger partial charge in [0.05, 0.1) is 0 Å². The van der Waals surface area contributed by atoms with E-state index in [9.17, 15) is 0 Å². The fourth-order valence-electron chi connectivity index (χ4n) is 1.88. The number of benzene rings is 2. The van der Waals surface area contributed by atoms with Crippen LogP contribution in [0.25, 0.3) is 0 Å². The molecule has 0 spiro atoms. The molecule has 1 N–H and O–H groups in total.